The monoisotopic (exact) mass is 216 g/mol. The first-order valence-corrected chi connectivity index (χ1v) is 5.99. The Balaban J connectivity index is 2.65. The Morgan fingerprint density at radius 2 is 2.00 bits per heavy atom. The highest BCUT2D eigenvalue weighted by atomic mass is 16.1. The molecule has 1 aliphatic rings. The standard InChI is InChI=1S/C15H20O/c1-9-6-14-13(7-12(9)11(3)16)10(2)8-15(14,4)5/h6-7,10H,8H2,1-5H3. The number of ketones is 1. The third-order valence-electron chi connectivity index (χ3n) is 3.85. The van der Waals surface area contributed by atoms with Crippen molar-refractivity contribution in [2.75, 3.05) is 0 Å². The molecule has 0 aromatic heterocycles. The highest BCUT2D eigenvalue weighted by Crippen LogP contribution is 2.46. The van der Waals surface area contributed by atoms with Gasteiger partial charge in [-0.3, -0.25) is 4.79 Å². The van der Waals surface area contributed by atoms with Crippen molar-refractivity contribution in [2.45, 2.75) is 52.4 Å². The van der Waals surface area contributed by atoms with Crippen LogP contribution in [-0.2, 0) is 5.41 Å². The van der Waals surface area contributed by atoms with Gasteiger partial charge in [0.1, 0.15) is 0 Å². The molecule has 1 heteroatoms. The summed E-state index contributed by atoms with van der Waals surface area (Å²) in [7, 11) is 0. The average molecular weight is 216 g/mol. The molecule has 86 valence electrons. The SMILES string of the molecule is CC(=O)c1cc2c(cc1C)C(C)(C)CC2C. The Kier molecular flexibility index (Phi) is 2.45. The van der Waals surface area contributed by atoms with Crippen molar-refractivity contribution in [3.63, 3.8) is 0 Å². The van der Waals surface area contributed by atoms with Crippen LogP contribution in [0, 0.1) is 6.92 Å². The Hall–Kier alpha value is -1.11. The lowest BCUT2D eigenvalue weighted by atomic mass is 9.85. The number of fused-ring (bicyclic) bond motifs is 1. The number of carbonyl (C=O) groups excluding carboxylic acids is 1. The van der Waals surface area contributed by atoms with Gasteiger partial charge in [-0.1, -0.05) is 26.8 Å². The second-order valence-electron chi connectivity index (χ2n) is 5.80. The second kappa shape index (κ2) is 3.44. The summed E-state index contributed by atoms with van der Waals surface area (Å²) in [5.74, 6) is 0.751. The van der Waals surface area contributed by atoms with E-state index >= 15 is 0 Å². The van der Waals surface area contributed by atoms with E-state index in [9.17, 15) is 4.79 Å². The molecule has 1 atom stereocenters. The summed E-state index contributed by atoms with van der Waals surface area (Å²) in [6.45, 7) is 10.5. The smallest absolute Gasteiger partial charge is 0.160 e. The first-order chi connectivity index (χ1) is 7.33. The van der Waals surface area contributed by atoms with Crippen LogP contribution in [0.4, 0.5) is 0 Å². The molecular weight excluding hydrogens is 196 g/mol. The van der Waals surface area contributed by atoms with Crippen LogP contribution < -0.4 is 0 Å². The van der Waals surface area contributed by atoms with Crippen LogP contribution >= 0.6 is 0 Å². The zero-order chi connectivity index (χ0) is 12.1. The van der Waals surface area contributed by atoms with Gasteiger partial charge < -0.3 is 0 Å². The van der Waals surface area contributed by atoms with E-state index in [1.54, 1.807) is 6.92 Å². The molecule has 1 nitrogen and oxygen atoms in total. The van der Waals surface area contributed by atoms with E-state index < -0.39 is 0 Å². The van der Waals surface area contributed by atoms with Gasteiger partial charge in [0, 0.05) is 5.56 Å². The lowest BCUT2D eigenvalue weighted by Gasteiger charge is -2.20. The summed E-state index contributed by atoms with van der Waals surface area (Å²) in [5.41, 5.74) is 5.08. The predicted octanol–water partition coefficient (Wildman–Crippen LogP) is 3.98. The van der Waals surface area contributed by atoms with Gasteiger partial charge in [-0.15, -0.1) is 0 Å². The molecule has 0 aliphatic heterocycles. The molecule has 0 spiro atoms. The molecule has 1 aromatic rings. The van der Waals surface area contributed by atoms with Crippen LogP contribution in [0.2, 0.25) is 0 Å². The fourth-order valence-corrected chi connectivity index (χ4v) is 3.08. The van der Waals surface area contributed by atoms with Gasteiger partial charge >= 0.3 is 0 Å². The van der Waals surface area contributed by atoms with Crippen molar-refractivity contribution >= 4 is 5.78 Å². The molecular formula is C15H20O. The summed E-state index contributed by atoms with van der Waals surface area (Å²) >= 11 is 0. The summed E-state index contributed by atoms with van der Waals surface area (Å²) in [4.78, 5) is 11.5. The van der Waals surface area contributed by atoms with Gasteiger partial charge in [-0.25, -0.2) is 0 Å². The average Bonchev–Trinajstić information content (AvgIpc) is 2.36. The number of hydrogen-bond donors (Lipinski definition) is 0. The molecule has 0 fully saturated rings. The Labute approximate surface area is 97.9 Å². The van der Waals surface area contributed by atoms with Crippen LogP contribution in [0.5, 0.6) is 0 Å². The highest BCUT2D eigenvalue weighted by molar-refractivity contribution is 5.96. The van der Waals surface area contributed by atoms with Crippen LogP contribution in [0.1, 0.15) is 67.1 Å². The van der Waals surface area contributed by atoms with Crippen LogP contribution in [0.15, 0.2) is 12.1 Å². The van der Waals surface area contributed by atoms with E-state index in [-0.39, 0.29) is 11.2 Å². The third-order valence-corrected chi connectivity index (χ3v) is 3.85. The van der Waals surface area contributed by atoms with Gasteiger partial charge in [0.15, 0.2) is 5.78 Å². The minimum Gasteiger partial charge on any atom is -0.295 e. The van der Waals surface area contributed by atoms with Gasteiger partial charge in [0.25, 0.3) is 0 Å². The van der Waals surface area contributed by atoms with Gasteiger partial charge in [0.05, 0.1) is 0 Å². The largest absolute Gasteiger partial charge is 0.295 e. The molecule has 2 rings (SSSR count). The zero-order valence-electron chi connectivity index (χ0n) is 10.8. The van der Waals surface area contributed by atoms with Crippen molar-refractivity contribution < 1.29 is 4.79 Å². The van der Waals surface area contributed by atoms with E-state index in [2.05, 4.69) is 32.9 Å². The van der Waals surface area contributed by atoms with Crippen molar-refractivity contribution in [1.29, 1.82) is 0 Å². The normalized spacial score (nSPS) is 21.9. The van der Waals surface area contributed by atoms with Crippen LogP contribution in [0.25, 0.3) is 0 Å². The number of benzene rings is 1. The van der Waals surface area contributed by atoms with E-state index in [1.807, 2.05) is 6.92 Å². The van der Waals surface area contributed by atoms with E-state index in [0.717, 1.165) is 11.1 Å². The molecule has 0 heterocycles. The van der Waals surface area contributed by atoms with E-state index in [1.165, 1.54) is 17.5 Å². The molecule has 16 heavy (non-hydrogen) atoms. The number of carbonyl (C=O) groups is 1. The number of hydrogen-bond acceptors (Lipinski definition) is 1. The summed E-state index contributed by atoms with van der Waals surface area (Å²) in [5, 5.41) is 0. The number of aryl methyl sites for hydroxylation is 1. The van der Waals surface area contributed by atoms with E-state index in [0.29, 0.717) is 5.92 Å². The van der Waals surface area contributed by atoms with Crippen LogP contribution in [-0.4, -0.2) is 5.78 Å². The maximum Gasteiger partial charge on any atom is 0.160 e. The van der Waals surface area contributed by atoms with Crippen molar-refractivity contribution in [3.05, 3.63) is 34.4 Å². The minimum atomic E-state index is 0.178. The van der Waals surface area contributed by atoms with E-state index in [4.69, 9.17) is 0 Å². The van der Waals surface area contributed by atoms with Gasteiger partial charge in [-0.2, -0.15) is 0 Å². The third kappa shape index (κ3) is 1.59. The molecule has 1 aliphatic carbocycles. The summed E-state index contributed by atoms with van der Waals surface area (Å²) in [6, 6.07) is 4.34. The van der Waals surface area contributed by atoms with Crippen LogP contribution in [0.3, 0.4) is 0 Å². The number of Topliss-reactive ketones (excluding diaryl/α,β-unsaturated/α-hetero) is 1. The first kappa shape index (κ1) is 11.4. The summed E-state index contributed by atoms with van der Waals surface area (Å²) < 4.78 is 0. The lowest BCUT2D eigenvalue weighted by molar-refractivity contribution is 0.101. The Bertz CT molecular complexity index is 455. The predicted molar refractivity (Wildman–Crippen MR) is 67.2 cm³/mol. The van der Waals surface area contributed by atoms with Crippen molar-refractivity contribution in [1.82, 2.24) is 0 Å². The Morgan fingerprint density at radius 3 is 2.56 bits per heavy atom. The zero-order valence-corrected chi connectivity index (χ0v) is 10.8. The molecule has 0 radical (unpaired) electrons. The summed E-state index contributed by atoms with van der Waals surface area (Å²) in [6.07, 6.45) is 1.18. The van der Waals surface area contributed by atoms with Crippen molar-refractivity contribution in [2.24, 2.45) is 0 Å². The fourth-order valence-electron chi connectivity index (χ4n) is 3.08. The maximum absolute atomic E-state index is 11.5. The van der Waals surface area contributed by atoms with Gasteiger partial charge in [0.2, 0.25) is 0 Å². The molecule has 0 bridgehead atoms. The highest BCUT2D eigenvalue weighted by Gasteiger charge is 2.35. The number of rotatable bonds is 1. The molecule has 1 aromatic carbocycles. The molecule has 0 saturated heterocycles. The molecule has 0 N–H and O–H groups in total. The second-order valence-corrected chi connectivity index (χ2v) is 5.80. The molecule has 0 saturated carbocycles. The fraction of sp³-hybridized carbons (Fsp3) is 0.533. The molecule has 0 amide bonds. The molecule has 1 unspecified atom stereocenters. The topological polar surface area (TPSA) is 17.1 Å². The first-order valence-electron chi connectivity index (χ1n) is 5.99. The maximum atomic E-state index is 11.5. The van der Waals surface area contributed by atoms with Gasteiger partial charge in [-0.05, 0) is 54.4 Å². The Morgan fingerprint density at radius 1 is 1.38 bits per heavy atom. The minimum absolute atomic E-state index is 0.178. The quantitative estimate of drug-likeness (QED) is 0.649. The lowest BCUT2D eigenvalue weighted by Crippen LogP contribution is -2.12. The van der Waals surface area contributed by atoms with Crippen molar-refractivity contribution in [3.8, 4) is 0 Å².